The second-order valence-corrected chi connectivity index (χ2v) is 8.10. The van der Waals surface area contributed by atoms with Crippen LogP contribution in [-0.4, -0.2) is 14.6 Å². The molecule has 0 bridgehead atoms. The number of benzene rings is 3. The molecule has 0 aromatic heterocycles. The topological polar surface area (TPSA) is 61.8 Å². The average Bonchev–Trinajstić information content (AvgIpc) is 2.98. The fourth-order valence-corrected chi connectivity index (χ4v) is 4.37. The first-order valence-electron chi connectivity index (χ1n) is 8.81. The number of hydrogen-bond donors (Lipinski definition) is 1. The van der Waals surface area contributed by atoms with Crippen LogP contribution in [0.3, 0.4) is 0 Å². The number of sulfonamides is 1. The highest BCUT2D eigenvalue weighted by Gasteiger charge is 2.20. The average molecular weight is 426 g/mol. The quantitative estimate of drug-likeness (QED) is 0.621. The van der Waals surface area contributed by atoms with E-state index in [0.717, 1.165) is 16.6 Å². The maximum Gasteiger partial charge on any atom is 0.262 e. The predicted octanol–water partition coefficient (Wildman–Crippen LogP) is 5.25. The van der Waals surface area contributed by atoms with Crippen LogP contribution in [0.1, 0.15) is 5.56 Å². The number of aliphatic imine (C=N–C) groups is 1. The van der Waals surface area contributed by atoms with Gasteiger partial charge in [-0.3, -0.25) is 9.71 Å². The molecule has 0 fully saturated rings. The number of anilines is 2. The Balaban J connectivity index is 0.00000240. The molecule has 0 aliphatic carbocycles. The minimum Gasteiger partial charge on any atom is -0.322 e. The minimum atomic E-state index is -3.74. The largest absolute Gasteiger partial charge is 0.322 e. The maximum atomic E-state index is 13.1. The number of nitrogens with zero attached hydrogens (tertiary/aromatic N) is 2. The SMILES string of the molecule is Cc1ccc(NS(=O)(=O)c2ccc(N3C=CC=NC=C3)c3ccccc23)cc1.Cl. The zero-order chi connectivity index (χ0) is 19.6. The fourth-order valence-electron chi connectivity index (χ4n) is 3.10. The summed E-state index contributed by atoms with van der Waals surface area (Å²) in [5, 5.41) is 1.50. The summed E-state index contributed by atoms with van der Waals surface area (Å²) in [6.07, 6.45) is 8.94. The molecular weight excluding hydrogens is 406 g/mol. The van der Waals surface area contributed by atoms with Crippen LogP contribution < -0.4 is 9.62 Å². The van der Waals surface area contributed by atoms with E-state index in [1.54, 1.807) is 30.6 Å². The van der Waals surface area contributed by atoms with E-state index in [1.165, 1.54) is 0 Å². The molecule has 1 aliphatic heterocycles. The van der Waals surface area contributed by atoms with Crippen molar-refractivity contribution in [1.82, 2.24) is 0 Å². The van der Waals surface area contributed by atoms with E-state index < -0.39 is 10.0 Å². The first-order valence-corrected chi connectivity index (χ1v) is 10.3. The normalized spacial score (nSPS) is 13.2. The van der Waals surface area contributed by atoms with Gasteiger partial charge in [-0.2, -0.15) is 0 Å². The molecule has 1 heterocycles. The maximum absolute atomic E-state index is 13.1. The zero-order valence-corrected chi connectivity index (χ0v) is 17.3. The van der Waals surface area contributed by atoms with E-state index in [-0.39, 0.29) is 17.3 Å². The van der Waals surface area contributed by atoms with Crippen LogP contribution in [0.5, 0.6) is 0 Å². The number of halogens is 1. The Labute approximate surface area is 176 Å². The molecule has 0 amide bonds. The van der Waals surface area contributed by atoms with Crippen LogP contribution in [0.4, 0.5) is 11.4 Å². The lowest BCUT2D eigenvalue weighted by molar-refractivity contribution is 0.602. The highest BCUT2D eigenvalue weighted by molar-refractivity contribution is 7.93. The van der Waals surface area contributed by atoms with Gasteiger partial charge in [0.05, 0.1) is 10.6 Å². The van der Waals surface area contributed by atoms with Gasteiger partial charge in [-0.15, -0.1) is 12.4 Å². The van der Waals surface area contributed by atoms with Crippen LogP contribution >= 0.6 is 12.4 Å². The zero-order valence-electron chi connectivity index (χ0n) is 15.7. The minimum absolute atomic E-state index is 0. The lowest BCUT2D eigenvalue weighted by Crippen LogP contribution is -2.14. The second-order valence-electron chi connectivity index (χ2n) is 6.45. The predicted molar refractivity (Wildman–Crippen MR) is 122 cm³/mol. The number of allylic oxidation sites excluding steroid dienone is 1. The van der Waals surface area contributed by atoms with Crippen molar-refractivity contribution >= 4 is 50.8 Å². The number of fused-ring (bicyclic) bond motifs is 1. The summed E-state index contributed by atoms with van der Waals surface area (Å²) in [6.45, 7) is 1.96. The van der Waals surface area contributed by atoms with Gasteiger partial charge in [-0.1, -0.05) is 42.0 Å². The third-order valence-electron chi connectivity index (χ3n) is 4.46. The Hall–Kier alpha value is -3.09. The van der Waals surface area contributed by atoms with Crippen molar-refractivity contribution in [3.05, 3.63) is 90.9 Å². The smallest absolute Gasteiger partial charge is 0.262 e. The lowest BCUT2D eigenvalue weighted by atomic mass is 10.1. The highest BCUT2D eigenvalue weighted by atomic mass is 35.5. The van der Waals surface area contributed by atoms with Crippen molar-refractivity contribution in [3.63, 3.8) is 0 Å². The van der Waals surface area contributed by atoms with Gasteiger partial charge in [-0.25, -0.2) is 8.42 Å². The molecule has 0 unspecified atom stereocenters. The van der Waals surface area contributed by atoms with E-state index in [4.69, 9.17) is 0 Å². The summed E-state index contributed by atoms with van der Waals surface area (Å²) in [5.74, 6) is 0. The third-order valence-corrected chi connectivity index (χ3v) is 5.90. The van der Waals surface area contributed by atoms with Crippen LogP contribution in [-0.2, 0) is 10.0 Å². The van der Waals surface area contributed by atoms with E-state index in [0.29, 0.717) is 11.1 Å². The van der Waals surface area contributed by atoms with Gasteiger partial charge < -0.3 is 4.90 Å². The molecule has 0 radical (unpaired) electrons. The third kappa shape index (κ3) is 4.34. The van der Waals surface area contributed by atoms with Crippen molar-refractivity contribution in [1.29, 1.82) is 0 Å². The first kappa shape index (κ1) is 20.6. The summed E-state index contributed by atoms with van der Waals surface area (Å²) < 4.78 is 28.8. The van der Waals surface area contributed by atoms with Gasteiger partial charge in [0.2, 0.25) is 0 Å². The Morgan fingerprint density at radius 3 is 2.38 bits per heavy atom. The molecular formula is C22H20ClN3O2S. The fraction of sp³-hybridized carbons (Fsp3) is 0.0455. The van der Waals surface area contributed by atoms with Gasteiger partial charge in [0, 0.05) is 41.3 Å². The molecule has 29 heavy (non-hydrogen) atoms. The second kappa shape index (κ2) is 8.51. The molecule has 0 saturated carbocycles. The molecule has 1 N–H and O–H groups in total. The van der Waals surface area contributed by atoms with Crippen LogP contribution in [0.25, 0.3) is 10.8 Å². The standard InChI is InChI=1S/C22H19N3O2S.ClH/c1-17-7-9-18(10-8-17)24-28(26,27)22-12-11-21(19-5-2-3-6-20(19)22)25-15-4-13-23-14-16-25;/h2-16,24H,1H3;1H. The Morgan fingerprint density at radius 2 is 1.62 bits per heavy atom. The van der Waals surface area contributed by atoms with Gasteiger partial charge in [0.25, 0.3) is 10.0 Å². The van der Waals surface area contributed by atoms with Gasteiger partial charge in [-0.05, 0) is 37.3 Å². The Bertz CT molecular complexity index is 1200. The van der Waals surface area contributed by atoms with Crippen LogP contribution in [0, 0.1) is 6.92 Å². The van der Waals surface area contributed by atoms with Gasteiger partial charge in [0.15, 0.2) is 0 Å². The van der Waals surface area contributed by atoms with E-state index in [1.807, 2.05) is 72.8 Å². The van der Waals surface area contributed by atoms with Crippen molar-refractivity contribution in [2.45, 2.75) is 11.8 Å². The molecule has 0 atom stereocenters. The molecule has 1 aliphatic rings. The molecule has 0 saturated heterocycles. The lowest BCUT2D eigenvalue weighted by Gasteiger charge is -2.19. The van der Waals surface area contributed by atoms with Crippen molar-refractivity contribution in [2.24, 2.45) is 4.99 Å². The molecule has 3 aromatic carbocycles. The van der Waals surface area contributed by atoms with E-state index in [9.17, 15) is 8.42 Å². The first-order chi connectivity index (χ1) is 13.5. The molecule has 4 rings (SSSR count). The number of hydrogen-bond acceptors (Lipinski definition) is 4. The van der Waals surface area contributed by atoms with E-state index >= 15 is 0 Å². The Kier molecular flexibility index (Phi) is 6.06. The van der Waals surface area contributed by atoms with Gasteiger partial charge in [0.1, 0.15) is 0 Å². The summed E-state index contributed by atoms with van der Waals surface area (Å²) in [6, 6.07) is 18.2. The van der Waals surface area contributed by atoms with Crippen molar-refractivity contribution in [3.8, 4) is 0 Å². The van der Waals surface area contributed by atoms with Crippen LogP contribution in [0.15, 0.2) is 95.2 Å². The molecule has 7 heteroatoms. The van der Waals surface area contributed by atoms with Crippen molar-refractivity contribution in [2.75, 3.05) is 9.62 Å². The highest BCUT2D eigenvalue weighted by Crippen LogP contribution is 2.33. The summed E-state index contributed by atoms with van der Waals surface area (Å²) in [7, 11) is -3.74. The summed E-state index contributed by atoms with van der Waals surface area (Å²) in [4.78, 5) is 6.25. The molecule has 5 nitrogen and oxygen atoms in total. The number of rotatable bonds is 4. The monoisotopic (exact) mass is 425 g/mol. The van der Waals surface area contributed by atoms with Crippen molar-refractivity contribution < 1.29 is 8.42 Å². The molecule has 0 spiro atoms. The molecule has 148 valence electrons. The van der Waals surface area contributed by atoms with E-state index in [2.05, 4.69) is 9.71 Å². The number of nitrogens with one attached hydrogen (secondary N) is 1. The van der Waals surface area contributed by atoms with Gasteiger partial charge >= 0.3 is 0 Å². The van der Waals surface area contributed by atoms with Crippen LogP contribution in [0.2, 0.25) is 0 Å². The summed E-state index contributed by atoms with van der Waals surface area (Å²) >= 11 is 0. The molecule has 3 aromatic rings. The number of aryl methyl sites for hydroxylation is 1. The Morgan fingerprint density at radius 1 is 0.897 bits per heavy atom. The summed E-state index contributed by atoms with van der Waals surface area (Å²) in [5.41, 5.74) is 2.48.